The van der Waals surface area contributed by atoms with Gasteiger partial charge in [-0.2, -0.15) is 0 Å². The van der Waals surface area contributed by atoms with Gasteiger partial charge in [0, 0.05) is 25.5 Å². The summed E-state index contributed by atoms with van der Waals surface area (Å²) in [5, 5.41) is 13.9. The molecule has 2 rings (SSSR count). The maximum atomic E-state index is 11.9. The van der Waals surface area contributed by atoms with Gasteiger partial charge in [-0.15, -0.1) is 10.2 Å². The summed E-state index contributed by atoms with van der Waals surface area (Å²) in [4.78, 5) is 15.9. The van der Waals surface area contributed by atoms with Crippen molar-refractivity contribution in [2.24, 2.45) is 5.92 Å². The molecular formula is C16H21N5O. The minimum atomic E-state index is -0.188. The molecule has 2 aromatic rings. The summed E-state index contributed by atoms with van der Waals surface area (Å²) in [6.45, 7) is 5.50. The molecule has 2 heterocycles. The zero-order valence-electron chi connectivity index (χ0n) is 12.9. The second kappa shape index (κ2) is 8.07. The smallest absolute Gasteiger partial charge is 0.271 e. The molecule has 6 nitrogen and oxygen atoms in total. The Labute approximate surface area is 130 Å². The lowest BCUT2D eigenvalue weighted by atomic mass is 10.1. The lowest BCUT2D eigenvalue weighted by molar-refractivity contribution is 0.0946. The highest BCUT2D eigenvalue weighted by atomic mass is 16.1. The molecule has 0 saturated carbocycles. The van der Waals surface area contributed by atoms with E-state index >= 15 is 0 Å². The predicted octanol–water partition coefficient (Wildman–Crippen LogP) is 2.26. The molecule has 22 heavy (non-hydrogen) atoms. The van der Waals surface area contributed by atoms with E-state index in [1.54, 1.807) is 24.5 Å². The zero-order chi connectivity index (χ0) is 15.8. The molecule has 0 aliphatic carbocycles. The Morgan fingerprint density at radius 3 is 2.73 bits per heavy atom. The van der Waals surface area contributed by atoms with Gasteiger partial charge in [0.1, 0.15) is 5.82 Å². The quantitative estimate of drug-likeness (QED) is 0.819. The predicted molar refractivity (Wildman–Crippen MR) is 85.4 cm³/mol. The van der Waals surface area contributed by atoms with E-state index in [1.807, 2.05) is 12.1 Å². The van der Waals surface area contributed by atoms with Crippen molar-refractivity contribution in [3.63, 3.8) is 0 Å². The average Bonchev–Trinajstić information content (AvgIpc) is 2.54. The second-order valence-corrected chi connectivity index (χ2v) is 5.46. The van der Waals surface area contributed by atoms with Crippen LogP contribution in [0.4, 0.5) is 5.82 Å². The number of nitrogens with zero attached hydrogens (tertiary/aromatic N) is 3. The Hall–Kier alpha value is -2.50. The van der Waals surface area contributed by atoms with Crippen LogP contribution in [0.5, 0.6) is 0 Å². The first-order valence-electron chi connectivity index (χ1n) is 7.40. The fourth-order valence-corrected chi connectivity index (χ4v) is 1.81. The third-order valence-electron chi connectivity index (χ3n) is 3.10. The Kier molecular flexibility index (Phi) is 5.82. The Morgan fingerprint density at radius 2 is 2.09 bits per heavy atom. The number of aromatic nitrogens is 3. The molecule has 0 aliphatic heterocycles. The highest BCUT2D eigenvalue weighted by Gasteiger charge is 2.07. The van der Waals surface area contributed by atoms with Gasteiger partial charge in [0.15, 0.2) is 5.69 Å². The number of carbonyl (C=O) groups excluding carboxylic acids is 1. The number of pyridine rings is 1. The first-order valence-corrected chi connectivity index (χ1v) is 7.40. The summed E-state index contributed by atoms with van der Waals surface area (Å²) in [5.74, 6) is 1.000. The van der Waals surface area contributed by atoms with Crippen LogP contribution < -0.4 is 10.6 Å². The molecule has 1 amide bonds. The van der Waals surface area contributed by atoms with Crippen molar-refractivity contribution in [1.29, 1.82) is 0 Å². The van der Waals surface area contributed by atoms with Gasteiger partial charge in [0.05, 0.1) is 0 Å². The molecule has 0 saturated heterocycles. The highest BCUT2D eigenvalue weighted by molar-refractivity contribution is 5.92. The largest absolute Gasteiger partial charge is 0.364 e. The van der Waals surface area contributed by atoms with Gasteiger partial charge in [-0.1, -0.05) is 19.9 Å². The summed E-state index contributed by atoms with van der Waals surface area (Å²) in [6.07, 6.45) is 4.47. The van der Waals surface area contributed by atoms with Crippen LogP contribution in [0.1, 0.15) is 36.3 Å². The molecule has 0 aliphatic rings. The summed E-state index contributed by atoms with van der Waals surface area (Å²) in [6, 6.07) is 7.28. The van der Waals surface area contributed by atoms with Crippen LogP contribution in [0.2, 0.25) is 0 Å². The standard InChI is InChI=1S/C16H21N5O/c1-12(2)7-9-18-16(22)14-5-6-15(21-20-14)19-11-13-4-3-8-17-10-13/h3-6,8,10,12H,7,9,11H2,1-2H3,(H,18,22)(H,19,21). The van der Waals surface area contributed by atoms with Crippen LogP contribution in [0.25, 0.3) is 0 Å². The van der Waals surface area contributed by atoms with Crippen LogP contribution >= 0.6 is 0 Å². The van der Waals surface area contributed by atoms with Gasteiger partial charge in [-0.05, 0) is 36.1 Å². The van der Waals surface area contributed by atoms with Crippen LogP contribution in [-0.2, 0) is 6.54 Å². The number of anilines is 1. The molecule has 0 bridgehead atoms. The van der Waals surface area contributed by atoms with E-state index in [0.29, 0.717) is 30.5 Å². The van der Waals surface area contributed by atoms with E-state index in [1.165, 1.54) is 0 Å². The topological polar surface area (TPSA) is 79.8 Å². The monoisotopic (exact) mass is 299 g/mol. The molecule has 2 aromatic heterocycles. The van der Waals surface area contributed by atoms with Crippen LogP contribution in [0, 0.1) is 5.92 Å². The van der Waals surface area contributed by atoms with Gasteiger partial charge in [0.25, 0.3) is 5.91 Å². The van der Waals surface area contributed by atoms with Crippen LogP contribution in [-0.4, -0.2) is 27.6 Å². The van der Waals surface area contributed by atoms with Gasteiger partial charge in [-0.25, -0.2) is 0 Å². The molecule has 116 valence electrons. The van der Waals surface area contributed by atoms with Crippen molar-refractivity contribution in [1.82, 2.24) is 20.5 Å². The summed E-state index contributed by atoms with van der Waals surface area (Å²) in [7, 11) is 0. The van der Waals surface area contributed by atoms with E-state index in [4.69, 9.17) is 0 Å². The molecule has 0 fully saturated rings. The molecule has 0 atom stereocenters. The number of hydrogen-bond donors (Lipinski definition) is 2. The maximum Gasteiger partial charge on any atom is 0.271 e. The maximum absolute atomic E-state index is 11.9. The van der Waals surface area contributed by atoms with Crippen molar-refractivity contribution in [3.8, 4) is 0 Å². The SMILES string of the molecule is CC(C)CCNC(=O)c1ccc(NCc2cccnc2)nn1. The number of rotatable bonds is 7. The zero-order valence-corrected chi connectivity index (χ0v) is 12.9. The molecular weight excluding hydrogens is 278 g/mol. The summed E-state index contributed by atoms with van der Waals surface area (Å²) < 4.78 is 0. The Bertz CT molecular complexity index is 583. The molecule has 0 aromatic carbocycles. The summed E-state index contributed by atoms with van der Waals surface area (Å²) in [5.41, 5.74) is 1.38. The van der Waals surface area contributed by atoms with Crippen molar-refractivity contribution >= 4 is 11.7 Å². The second-order valence-electron chi connectivity index (χ2n) is 5.46. The van der Waals surface area contributed by atoms with E-state index < -0.39 is 0 Å². The normalized spacial score (nSPS) is 10.5. The molecule has 6 heteroatoms. The minimum Gasteiger partial charge on any atom is -0.364 e. The first kappa shape index (κ1) is 15.9. The first-order chi connectivity index (χ1) is 10.6. The minimum absolute atomic E-state index is 0.188. The Balaban J connectivity index is 1.83. The lowest BCUT2D eigenvalue weighted by Gasteiger charge is -2.07. The number of hydrogen-bond acceptors (Lipinski definition) is 5. The fraction of sp³-hybridized carbons (Fsp3) is 0.375. The van der Waals surface area contributed by atoms with Gasteiger partial charge >= 0.3 is 0 Å². The van der Waals surface area contributed by atoms with Crippen molar-refractivity contribution in [2.45, 2.75) is 26.8 Å². The molecule has 0 spiro atoms. The number of amides is 1. The lowest BCUT2D eigenvalue weighted by Crippen LogP contribution is -2.26. The third kappa shape index (κ3) is 5.12. The fourth-order valence-electron chi connectivity index (χ4n) is 1.81. The molecule has 2 N–H and O–H groups in total. The van der Waals surface area contributed by atoms with Crippen molar-refractivity contribution < 1.29 is 4.79 Å². The van der Waals surface area contributed by atoms with Gasteiger partial charge < -0.3 is 10.6 Å². The average molecular weight is 299 g/mol. The van der Waals surface area contributed by atoms with E-state index in [9.17, 15) is 4.79 Å². The van der Waals surface area contributed by atoms with Crippen molar-refractivity contribution in [3.05, 3.63) is 47.9 Å². The molecule has 0 radical (unpaired) electrons. The van der Waals surface area contributed by atoms with Gasteiger partial charge in [-0.3, -0.25) is 9.78 Å². The molecule has 0 unspecified atom stereocenters. The Morgan fingerprint density at radius 1 is 1.23 bits per heavy atom. The van der Waals surface area contributed by atoms with Gasteiger partial charge in [0.2, 0.25) is 0 Å². The highest BCUT2D eigenvalue weighted by Crippen LogP contribution is 2.05. The third-order valence-corrected chi connectivity index (χ3v) is 3.10. The van der Waals surface area contributed by atoms with E-state index in [0.717, 1.165) is 12.0 Å². The summed E-state index contributed by atoms with van der Waals surface area (Å²) >= 11 is 0. The number of nitrogens with one attached hydrogen (secondary N) is 2. The van der Waals surface area contributed by atoms with E-state index in [-0.39, 0.29) is 5.91 Å². The number of carbonyl (C=O) groups is 1. The van der Waals surface area contributed by atoms with Crippen LogP contribution in [0.3, 0.4) is 0 Å². The van der Waals surface area contributed by atoms with Crippen molar-refractivity contribution in [2.75, 3.05) is 11.9 Å². The van der Waals surface area contributed by atoms with Crippen LogP contribution in [0.15, 0.2) is 36.7 Å². The van der Waals surface area contributed by atoms with E-state index in [2.05, 4.69) is 39.7 Å².